The summed E-state index contributed by atoms with van der Waals surface area (Å²) in [5, 5.41) is 11.2. The Labute approximate surface area is 113 Å². The molecule has 3 nitrogen and oxygen atoms in total. The van der Waals surface area contributed by atoms with E-state index in [9.17, 15) is 9.90 Å². The average Bonchev–Trinajstić information content (AvgIpc) is 1.94. The lowest BCUT2D eigenvalue weighted by Gasteiger charge is -2.39. The lowest BCUT2D eigenvalue weighted by atomic mass is 9.78. The highest BCUT2D eigenvalue weighted by molar-refractivity contribution is 5.68. The van der Waals surface area contributed by atoms with Gasteiger partial charge < -0.3 is 14.4 Å². The maximum absolute atomic E-state index is 11.2. The predicted molar refractivity (Wildman–Crippen MR) is 73.9 cm³/mol. The summed E-state index contributed by atoms with van der Waals surface area (Å²) >= 11 is 0. The molecule has 0 aromatic rings. The number of rotatable bonds is 5. The number of carboxylic acids is 1. The zero-order chi connectivity index (χ0) is 14.8. The average molecular weight is 257 g/mol. The summed E-state index contributed by atoms with van der Waals surface area (Å²) in [6.45, 7) is 14.5. The predicted octanol–water partition coefficient (Wildman–Crippen LogP) is 1.91. The molecule has 0 spiro atoms. The largest absolute Gasteiger partial charge is 0.550 e. The molecule has 0 aliphatic rings. The molecule has 3 heteroatoms. The number of carbonyl (C=O) groups is 1. The number of aliphatic carboxylic acids is 1. The van der Waals surface area contributed by atoms with Gasteiger partial charge >= 0.3 is 0 Å². The molecule has 0 radical (unpaired) electrons. The summed E-state index contributed by atoms with van der Waals surface area (Å²) in [6.07, 6.45) is 0.676. The van der Waals surface area contributed by atoms with Gasteiger partial charge in [0.25, 0.3) is 0 Å². The van der Waals surface area contributed by atoms with Crippen molar-refractivity contribution in [3.8, 4) is 0 Å². The molecule has 0 aromatic heterocycles. The van der Waals surface area contributed by atoms with Crippen molar-refractivity contribution in [2.24, 2.45) is 16.7 Å². The van der Waals surface area contributed by atoms with Crippen molar-refractivity contribution >= 4 is 5.97 Å². The van der Waals surface area contributed by atoms with E-state index < -0.39 is 5.97 Å². The highest BCUT2D eigenvalue weighted by atomic mass is 16.4. The second kappa shape index (κ2) is 5.60. The van der Waals surface area contributed by atoms with Crippen LogP contribution in [0.15, 0.2) is 0 Å². The highest BCUT2D eigenvalue weighted by Crippen LogP contribution is 2.29. The van der Waals surface area contributed by atoms with E-state index in [0.717, 1.165) is 17.6 Å². The number of nitrogens with zero attached hydrogens (tertiary/aromatic N) is 1. The Morgan fingerprint density at radius 3 is 1.83 bits per heavy atom. The van der Waals surface area contributed by atoms with Gasteiger partial charge in [-0.25, -0.2) is 0 Å². The van der Waals surface area contributed by atoms with E-state index in [1.165, 1.54) is 0 Å². The van der Waals surface area contributed by atoms with Crippen LogP contribution in [0.3, 0.4) is 0 Å². The first-order valence-electron chi connectivity index (χ1n) is 6.77. The van der Waals surface area contributed by atoms with E-state index in [4.69, 9.17) is 0 Å². The Bertz CT molecular complexity index is 282. The first kappa shape index (κ1) is 17.4. The van der Waals surface area contributed by atoms with E-state index >= 15 is 0 Å². The number of quaternary nitrogens is 1. The van der Waals surface area contributed by atoms with Gasteiger partial charge in [-0.05, 0) is 5.41 Å². The summed E-state index contributed by atoms with van der Waals surface area (Å²) in [6, 6.07) is 0. The molecule has 0 aliphatic carbocycles. The minimum absolute atomic E-state index is 0.236. The van der Waals surface area contributed by atoms with Crippen molar-refractivity contribution in [1.29, 1.82) is 0 Å². The van der Waals surface area contributed by atoms with Crippen LogP contribution in [-0.2, 0) is 4.79 Å². The van der Waals surface area contributed by atoms with Crippen molar-refractivity contribution in [1.82, 2.24) is 0 Å². The normalized spacial score (nSPS) is 15.6. The van der Waals surface area contributed by atoms with Crippen LogP contribution in [0.2, 0.25) is 0 Å². The minimum atomic E-state index is -0.918. The van der Waals surface area contributed by atoms with E-state index in [0.29, 0.717) is 6.42 Å². The summed E-state index contributed by atoms with van der Waals surface area (Å²) in [5.74, 6) is -1.30. The molecular weight excluding hydrogens is 226 g/mol. The summed E-state index contributed by atoms with van der Waals surface area (Å²) in [5.41, 5.74) is 0.0166. The summed E-state index contributed by atoms with van der Waals surface area (Å²) in [7, 11) is 4.33. The first-order valence-corrected chi connectivity index (χ1v) is 6.77. The Morgan fingerprint density at radius 1 is 1.11 bits per heavy atom. The number of carboxylic acid groups (broad SMARTS) is 1. The fourth-order valence-electron chi connectivity index (χ4n) is 2.75. The summed E-state index contributed by atoms with van der Waals surface area (Å²) in [4.78, 5) is 11.2. The van der Waals surface area contributed by atoms with Crippen LogP contribution in [-0.4, -0.2) is 37.6 Å². The van der Waals surface area contributed by atoms with Crippen molar-refractivity contribution in [2.45, 2.75) is 48.0 Å². The SMILES string of the molecule is CC(C)(C)C[N+](C)(C)CCC(C(=O)[O-])C(C)(C)C. The third-order valence-corrected chi connectivity index (χ3v) is 3.26. The lowest BCUT2D eigenvalue weighted by molar-refractivity contribution is -0.896. The molecule has 1 unspecified atom stereocenters. The zero-order valence-corrected chi connectivity index (χ0v) is 13.5. The van der Waals surface area contributed by atoms with Crippen LogP contribution in [0.4, 0.5) is 0 Å². The van der Waals surface area contributed by atoms with Crippen LogP contribution >= 0.6 is 0 Å². The molecule has 1 atom stereocenters. The van der Waals surface area contributed by atoms with Gasteiger partial charge in [0.1, 0.15) is 0 Å². The van der Waals surface area contributed by atoms with Crippen LogP contribution in [0, 0.1) is 16.7 Å². The van der Waals surface area contributed by atoms with Crippen LogP contribution in [0.1, 0.15) is 48.0 Å². The Morgan fingerprint density at radius 2 is 1.56 bits per heavy atom. The van der Waals surface area contributed by atoms with E-state index in [1.54, 1.807) is 0 Å². The van der Waals surface area contributed by atoms with Crippen LogP contribution < -0.4 is 5.11 Å². The molecule has 0 rings (SSSR count). The lowest BCUT2D eigenvalue weighted by Crippen LogP contribution is -2.49. The first-order chi connectivity index (χ1) is 7.75. The van der Waals surface area contributed by atoms with Gasteiger partial charge in [-0.3, -0.25) is 0 Å². The fourth-order valence-corrected chi connectivity index (χ4v) is 2.75. The quantitative estimate of drug-likeness (QED) is 0.706. The highest BCUT2D eigenvalue weighted by Gasteiger charge is 2.30. The monoisotopic (exact) mass is 257 g/mol. The topological polar surface area (TPSA) is 40.1 Å². The molecule has 0 aromatic carbocycles. The van der Waals surface area contributed by atoms with Gasteiger partial charge in [0.05, 0.1) is 27.2 Å². The van der Waals surface area contributed by atoms with Crippen molar-refractivity contribution in [2.75, 3.05) is 27.2 Å². The van der Waals surface area contributed by atoms with Crippen LogP contribution in [0.25, 0.3) is 0 Å². The molecule has 18 heavy (non-hydrogen) atoms. The second-order valence-corrected chi connectivity index (χ2v) is 8.40. The van der Waals surface area contributed by atoms with Gasteiger partial charge in [-0.1, -0.05) is 41.5 Å². The van der Waals surface area contributed by atoms with Gasteiger partial charge in [0, 0.05) is 23.7 Å². The van der Waals surface area contributed by atoms with E-state index in [2.05, 4.69) is 34.9 Å². The smallest absolute Gasteiger partial charge is 0.0831 e. The molecule has 108 valence electrons. The van der Waals surface area contributed by atoms with Crippen LogP contribution in [0.5, 0.6) is 0 Å². The standard InChI is InChI=1S/C15H31NO2/c1-14(2,3)11-16(7,8)10-9-12(13(17)18)15(4,5)6/h12H,9-11H2,1-8H3. The van der Waals surface area contributed by atoms with Gasteiger partial charge in [0.15, 0.2) is 0 Å². The molecule has 0 N–H and O–H groups in total. The van der Waals surface area contributed by atoms with Crippen molar-refractivity contribution < 1.29 is 14.4 Å². The van der Waals surface area contributed by atoms with Gasteiger partial charge in [-0.2, -0.15) is 0 Å². The van der Waals surface area contributed by atoms with Gasteiger partial charge in [-0.15, -0.1) is 0 Å². The Balaban J connectivity index is 4.58. The second-order valence-electron chi connectivity index (χ2n) is 8.40. The maximum atomic E-state index is 11.2. The molecule has 0 heterocycles. The van der Waals surface area contributed by atoms with Crippen molar-refractivity contribution in [3.05, 3.63) is 0 Å². The third kappa shape index (κ3) is 7.00. The summed E-state index contributed by atoms with van der Waals surface area (Å²) < 4.78 is 0.851. The maximum Gasteiger partial charge on any atom is 0.0831 e. The molecule has 0 amide bonds. The van der Waals surface area contributed by atoms with E-state index in [-0.39, 0.29) is 16.7 Å². The Kier molecular flexibility index (Phi) is 5.42. The van der Waals surface area contributed by atoms with E-state index in [1.807, 2.05) is 20.8 Å². The fraction of sp³-hybridized carbons (Fsp3) is 0.933. The zero-order valence-electron chi connectivity index (χ0n) is 13.5. The Hall–Kier alpha value is -0.570. The molecular formula is C15H31NO2. The number of hydrogen-bond donors (Lipinski definition) is 0. The molecule has 0 bridgehead atoms. The van der Waals surface area contributed by atoms with Crippen molar-refractivity contribution in [3.63, 3.8) is 0 Å². The molecule has 0 aliphatic heterocycles. The molecule has 0 saturated carbocycles. The minimum Gasteiger partial charge on any atom is -0.550 e. The molecule has 0 saturated heterocycles. The van der Waals surface area contributed by atoms with Gasteiger partial charge in [0.2, 0.25) is 0 Å². The number of hydrogen-bond acceptors (Lipinski definition) is 2. The number of carbonyl (C=O) groups excluding carboxylic acids is 1. The third-order valence-electron chi connectivity index (χ3n) is 3.26. The molecule has 0 fully saturated rings.